The standard InChI is InChI=1S/C9H11F3O5/c1-3-16-7(14)5(8(15)17-4-2)6(13)9(10,11)12/h5H,3-4H2,1-2H3. The van der Waals surface area contributed by atoms with Gasteiger partial charge in [0.15, 0.2) is 0 Å². The van der Waals surface area contributed by atoms with Crippen molar-refractivity contribution in [1.29, 1.82) is 0 Å². The molecule has 0 aliphatic heterocycles. The van der Waals surface area contributed by atoms with Crippen LogP contribution in [0.2, 0.25) is 0 Å². The predicted octanol–water partition coefficient (Wildman–Crippen LogP) is 0.860. The molecule has 0 aromatic carbocycles. The van der Waals surface area contributed by atoms with Crippen molar-refractivity contribution in [3.05, 3.63) is 0 Å². The zero-order chi connectivity index (χ0) is 13.6. The van der Waals surface area contributed by atoms with Crippen LogP contribution >= 0.6 is 0 Å². The average Bonchev–Trinajstić information content (AvgIpc) is 2.17. The Balaban J connectivity index is 5.05. The maximum Gasteiger partial charge on any atom is 0.451 e. The molecule has 0 radical (unpaired) electrons. The molecule has 0 N–H and O–H groups in total. The van der Waals surface area contributed by atoms with Crippen molar-refractivity contribution in [2.75, 3.05) is 13.2 Å². The highest BCUT2D eigenvalue weighted by atomic mass is 19.4. The molecule has 0 unspecified atom stereocenters. The van der Waals surface area contributed by atoms with E-state index in [1.54, 1.807) is 0 Å². The first-order valence-electron chi connectivity index (χ1n) is 4.70. The largest absolute Gasteiger partial charge is 0.465 e. The Morgan fingerprint density at radius 2 is 1.35 bits per heavy atom. The molecule has 8 heteroatoms. The second-order valence-electron chi connectivity index (χ2n) is 2.80. The molecule has 17 heavy (non-hydrogen) atoms. The van der Waals surface area contributed by atoms with Crippen LogP contribution < -0.4 is 0 Å². The van der Waals surface area contributed by atoms with Crippen LogP contribution in [0.1, 0.15) is 13.8 Å². The zero-order valence-corrected chi connectivity index (χ0v) is 9.17. The van der Waals surface area contributed by atoms with Gasteiger partial charge in [-0.2, -0.15) is 13.2 Å². The van der Waals surface area contributed by atoms with Gasteiger partial charge in [0.2, 0.25) is 5.92 Å². The third-order valence-electron chi connectivity index (χ3n) is 1.59. The third-order valence-corrected chi connectivity index (χ3v) is 1.59. The van der Waals surface area contributed by atoms with Crippen molar-refractivity contribution >= 4 is 17.7 Å². The van der Waals surface area contributed by atoms with E-state index in [1.807, 2.05) is 0 Å². The molecule has 0 saturated carbocycles. The average molecular weight is 256 g/mol. The minimum Gasteiger partial charge on any atom is -0.465 e. The molecule has 0 aliphatic carbocycles. The van der Waals surface area contributed by atoms with Gasteiger partial charge in [-0.25, -0.2) is 0 Å². The fourth-order valence-electron chi connectivity index (χ4n) is 0.925. The summed E-state index contributed by atoms with van der Waals surface area (Å²) in [6.45, 7) is 2.16. The lowest BCUT2D eigenvalue weighted by atomic mass is 10.0. The second-order valence-corrected chi connectivity index (χ2v) is 2.80. The molecule has 5 nitrogen and oxygen atoms in total. The molecular weight excluding hydrogens is 245 g/mol. The van der Waals surface area contributed by atoms with E-state index in [2.05, 4.69) is 9.47 Å². The van der Waals surface area contributed by atoms with Gasteiger partial charge < -0.3 is 9.47 Å². The number of Topliss-reactive ketones (excluding diaryl/α,β-unsaturated/α-hetero) is 1. The number of carbonyl (C=O) groups excluding carboxylic acids is 3. The lowest BCUT2D eigenvalue weighted by molar-refractivity contribution is -0.186. The van der Waals surface area contributed by atoms with E-state index in [0.29, 0.717) is 0 Å². The summed E-state index contributed by atoms with van der Waals surface area (Å²) in [7, 11) is 0. The Labute approximate surface area is 94.9 Å². The first-order valence-corrected chi connectivity index (χ1v) is 4.70. The maximum absolute atomic E-state index is 12.1. The number of ketones is 1. The van der Waals surface area contributed by atoms with Crippen LogP contribution in [0, 0.1) is 5.92 Å². The topological polar surface area (TPSA) is 69.7 Å². The van der Waals surface area contributed by atoms with Crippen LogP contribution in [-0.2, 0) is 23.9 Å². The Bertz CT molecular complexity index is 292. The van der Waals surface area contributed by atoms with Crippen molar-refractivity contribution in [3.63, 3.8) is 0 Å². The highest BCUT2D eigenvalue weighted by Gasteiger charge is 2.51. The number of esters is 2. The second kappa shape index (κ2) is 6.21. The SMILES string of the molecule is CCOC(=O)C(C(=O)OCC)C(=O)C(F)(F)F. The van der Waals surface area contributed by atoms with Crippen LogP contribution in [0.5, 0.6) is 0 Å². The zero-order valence-electron chi connectivity index (χ0n) is 9.17. The van der Waals surface area contributed by atoms with Crippen LogP contribution in [0.3, 0.4) is 0 Å². The Hall–Kier alpha value is -1.60. The molecular formula is C9H11F3O5. The van der Waals surface area contributed by atoms with Gasteiger partial charge in [0.25, 0.3) is 5.78 Å². The summed E-state index contributed by atoms with van der Waals surface area (Å²) in [5.41, 5.74) is 0. The van der Waals surface area contributed by atoms with Gasteiger partial charge in [0, 0.05) is 0 Å². The fourth-order valence-corrected chi connectivity index (χ4v) is 0.925. The lowest BCUT2D eigenvalue weighted by Crippen LogP contribution is -2.42. The maximum atomic E-state index is 12.1. The summed E-state index contributed by atoms with van der Waals surface area (Å²) in [5, 5.41) is 0. The smallest absolute Gasteiger partial charge is 0.451 e. The molecule has 0 atom stereocenters. The van der Waals surface area contributed by atoms with Crippen LogP contribution in [0.15, 0.2) is 0 Å². The lowest BCUT2D eigenvalue weighted by Gasteiger charge is -2.14. The van der Waals surface area contributed by atoms with Crippen molar-refractivity contribution < 1.29 is 37.0 Å². The normalized spacial score (nSPS) is 11.2. The number of halogens is 3. The minimum atomic E-state index is -5.30. The third kappa shape index (κ3) is 4.41. The van der Waals surface area contributed by atoms with E-state index >= 15 is 0 Å². The Morgan fingerprint density at radius 3 is 1.59 bits per heavy atom. The van der Waals surface area contributed by atoms with E-state index in [4.69, 9.17) is 0 Å². The number of rotatable bonds is 5. The molecule has 0 amide bonds. The molecule has 0 rings (SSSR count). The van der Waals surface area contributed by atoms with Crippen molar-refractivity contribution in [1.82, 2.24) is 0 Å². The number of ether oxygens (including phenoxy) is 2. The van der Waals surface area contributed by atoms with Crippen molar-refractivity contribution in [3.8, 4) is 0 Å². The molecule has 0 fully saturated rings. The van der Waals surface area contributed by atoms with E-state index < -0.39 is 29.8 Å². The molecule has 0 saturated heterocycles. The van der Waals surface area contributed by atoms with Gasteiger partial charge in [0.05, 0.1) is 13.2 Å². The number of carbonyl (C=O) groups is 3. The predicted molar refractivity (Wildman–Crippen MR) is 47.8 cm³/mol. The summed E-state index contributed by atoms with van der Waals surface area (Å²) in [5.74, 6) is -8.22. The summed E-state index contributed by atoms with van der Waals surface area (Å²) in [4.78, 5) is 33.1. The Kier molecular flexibility index (Phi) is 5.63. The van der Waals surface area contributed by atoms with Gasteiger partial charge in [0.1, 0.15) is 0 Å². The van der Waals surface area contributed by atoms with E-state index in [0.717, 1.165) is 0 Å². The summed E-state index contributed by atoms with van der Waals surface area (Å²) >= 11 is 0. The number of hydrogen-bond acceptors (Lipinski definition) is 5. The monoisotopic (exact) mass is 256 g/mol. The van der Waals surface area contributed by atoms with Gasteiger partial charge >= 0.3 is 18.1 Å². The first-order chi connectivity index (χ1) is 7.75. The Morgan fingerprint density at radius 1 is 1.00 bits per heavy atom. The van der Waals surface area contributed by atoms with Gasteiger partial charge in [-0.15, -0.1) is 0 Å². The quantitative estimate of drug-likeness (QED) is 0.539. The molecule has 0 spiro atoms. The highest BCUT2D eigenvalue weighted by molar-refractivity contribution is 6.16. The van der Waals surface area contributed by atoms with Crippen LogP contribution in [0.4, 0.5) is 13.2 Å². The van der Waals surface area contributed by atoms with Crippen LogP contribution in [-0.4, -0.2) is 37.1 Å². The minimum absolute atomic E-state index is 0.250. The fraction of sp³-hybridized carbons (Fsp3) is 0.667. The van der Waals surface area contributed by atoms with E-state index in [-0.39, 0.29) is 13.2 Å². The molecule has 0 bridgehead atoms. The molecule has 0 aromatic rings. The van der Waals surface area contributed by atoms with Gasteiger partial charge in [-0.3, -0.25) is 14.4 Å². The van der Waals surface area contributed by atoms with Gasteiger partial charge in [-0.05, 0) is 13.8 Å². The summed E-state index contributed by atoms with van der Waals surface area (Å²) in [6.07, 6.45) is -5.30. The number of hydrogen-bond donors (Lipinski definition) is 0. The van der Waals surface area contributed by atoms with Crippen molar-refractivity contribution in [2.24, 2.45) is 5.92 Å². The van der Waals surface area contributed by atoms with Gasteiger partial charge in [-0.1, -0.05) is 0 Å². The summed E-state index contributed by atoms with van der Waals surface area (Å²) < 4.78 is 44.9. The molecule has 0 heterocycles. The number of alkyl halides is 3. The first kappa shape index (κ1) is 15.4. The van der Waals surface area contributed by atoms with Crippen LogP contribution in [0.25, 0.3) is 0 Å². The van der Waals surface area contributed by atoms with Crippen molar-refractivity contribution in [2.45, 2.75) is 20.0 Å². The van der Waals surface area contributed by atoms with E-state index in [9.17, 15) is 27.6 Å². The van der Waals surface area contributed by atoms with E-state index in [1.165, 1.54) is 13.8 Å². The molecule has 0 aliphatic rings. The molecule has 98 valence electrons. The molecule has 0 aromatic heterocycles. The summed E-state index contributed by atoms with van der Waals surface area (Å²) in [6, 6.07) is 0. The highest BCUT2D eigenvalue weighted by Crippen LogP contribution is 2.22.